The number of carbonyl (C=O) groups is 1. The molecule has 1 saturated heterocycles. The number of pyridine rings is 1. The zero-order valence-corrected chi connectivity index (χ0v) is 24.2. The number of rotatable bonds is 8. The summed E-state index contributed by atoms with van der Waals surface area (Å²) in [5.41, 5.74) is 2.84. The Labute approximate surface area is 239 Å². The highest BCUT2D eigenvalue weighted by Crippen LogP contribution is 2.42. The van der Waals surface area contributed by atoms with Crippen LogP contribution in [-0.4, -0.2) is 60.9 Å². The van der Waals surface area contributed by atoms with Crippen LogP contribution in [0.4, 0.5) is 5.69 Å². The molecule has 5 rings (SSSR count). The van der Waals surface area contributed by atoms with E-state index in [4.69, 9.17) is 18.9 Å². The van der Waals surface area contributed by atoms with Gasteiger partial charge in [0, 0.05) is 30.7 Å². The molecule has 0 bridgehead atoms. The summed E-state index contributed by atoms with van der Waals surface area (Å²) < 4.78 is 49.1. The lowest BCUT2D eigenvalue weighted by Gasteiger charge is -2.35. The smallest absolute Gasteiger partial charge is 0.337 e. The molecule has 1 aliphatic rings. The van der Waals surface area contributed by atoms with Gasteiger partial charge in [0.15, 0.2) is 11.5 Å². The Morgan fingerprint density at radius 1 is 0.854 bits per heavy atom. The number of nitrogens with zero attached hydrogens (tertiary/aromatic N) is 2. The monoisotopic (exact) mass is 576 g/mol. The van der Waals surface area contributed by atoms with E-state index in [9.17, 15) is 13.2 Å². The first kappa shape index (κ1) is 28.2. The third kappa shape index (κ3) is 5.39. The van der Waals surface area contributed by atoms with Gasteiger partial charge in [-0.2, -0.15) is 0 Å². The number of anilines is 1. The highest BCUT2D eigenvalue weighted by Gasteiger charge is 2.30. The SMILES string of the molecule is COC(=O)c1ccc(C2CCN(c3c(S(=O)(=O)c4ccc(OC)cc4)cnc4cc(OC)c(OC)cc34)CC2)cc1. The molecule has 0 amide bonds. The fourth-order valence-electron chi connectivity index (χ4n) is 5.34. The molecule has 10 heteroatoms. The van der Waals surface area contributed by atoms with Gasteiger partial charge in [-0.3, -0.25) is 4.98 Å². The van der Waals surface area contributed by atoms with Crippen molar-refractivity contribution in [1.82, 2.24) is 4.98 Å². The number of methoxy groups -OCH3 is 4. The van der Waals surface area contributed by atoms with Gasteiger partial charge in [-0.15, -0.1) is 0 Å². The van der Waals surface area contributed by atoms with Gasteiger partial charge in [-0.25, -0.2) is 13.2 Å². The van der Waals surface area contributed by atoms with Crippen LogP contribution in [0, 0.1) is 0 Å². The van der Waals surface area contributed by atoms with E-state index in [0.29, 0.717) is 52.5 Å². The van der Waals surface area contributed by atoms with Crippen molar-refractivity contribution >= 4 is 32.4 Å². The highest BCUT2D eigenvalue weighted by atomic mass is 32.2. The molecular weight excluding hydrogens is 544 g/mol. The molecule has 1 aromatic heterocycles. The van der Waals surface area contributed by atoms with Crippen LogP contribution in [0.1, 0.15) is 34.7 Å². The standard InChI is InChI=1S/C31H32N2O7S/c1-37-23-9-11-24(12-10-23)41(35,36)29-19-32-26-18-28(39-3)27(38-2)17-25(26)30(29)33-15-13-21(14-16-33)20-5-7-22(8-6-20)31(34)40-4/h5-12,17-19,21H,13-16H2,1-4H3. The number of fused-ring (bicyclic) bond motifs is 1. The first-order chi connectivity index (χ1) is 19.8. The lowest BCUT2D eigenvalue weighted by atomic mass is 9.88. The molecule has 2 heterocycles. The largest absolute Gasteiger partial charge is 0.497 e. The van der Waals surface area contributed by atoms with E-state index in [0.717, 1.165) is 18.4 Å². The molecule has 0 aliphatic carbocycles. The van der Waals surface area contributed by atoms with Crippen molar-refractivity contribution in [3.05, 3.63) is 78.0 Å². The number of aromatic nitrogens is 1. The van der Waals surface area contributed by atoms with E-state index in [1.54, 1.807) is 62.8 Å². The van der Waals surface area contributed by atoms with Crippen molar-refractivity contribution in [3.8, 4) is 17.2 Å². The minimum Gasteiger partial charge on any atom is -0.497 e. The molecule has 0 saturated carbocycles. The zero-order valence-electron chi connectivity index (χ0n) is 23.4. The molecule has 4 aromatic rings. The maximum Gasteiger partial charge on any atom is 0.337 e. The minimum atomic E-state index is -3.93. The van der Waals surface area contributed by atoms with Crippen molar-refractivity contribution in [1.29, 1.82) is 0 Å². The number of piperidine rings is 1. The summed E-state index contributed by atoms with van der Waals surface area (Å²) in [4.78, 5) is 18.8. The molecule has 3 aromatic carbocycles. The molecule has 0 N–H and O–H groups in total. The zero-order chi connectivity index (χ0) is 29.1. The maximum atomic E-state index is 14.0. The molecule has 0 radical (unpaired) electrons. The minimum absolute atomic E-state index is 0.128. The predicted octanol–water partition coefficient (Wildman–Crippen LogP) is 5.26. The van der Waals surface area contributed by atoms with Crippen LogP contribution in [-0.2, 0) is 14.6 Å². The number of carbonyl (C=O) groups excluding carboxylic acids is 1. The Kier molecular flexibility index (Phi) is 8.03. The molecule has 41 heavy (non-hydrogen) atoms. The summed E-state index contributed by atoms with van der Waals surface area (Å²) in [6.07, 6.45) is 3.04. The quantitative estimate of drug-likeness (QED) is 0.260. The normalized spacial score (nSPS) is 14.1. The van der Waals surface area contributed by atoms with Crippen LogP contribution < -0.4 is 19.1 Å². The van der Waals surface area contributed by atoms with Gasteiger partial charge < -0.3 is 23.8 Å². The van der Waals surface area contributed by atoms with E-state index >= 15 is 0 Å². The summed E-state index contributed by atoms with van der Waals surface area (Å²) >= 11 is 0. The number of hydrogen-bond acceptors (Lipinski definition) is 9. The van der Waals surface area contributed by atoms with Crippen LogP contribution in [0.3, 0.4) is 0 Å². The van der Waals surface area contributed by atoms with Crippen LogP contribution in [0.15, 0.2) is 76.7 Å². The average Bonchev–Trinajstić information content (AvgIpc) is 3.03. The number of ether oxygens (including phenoxy) is 4. The Morgan fingerprint density at radius 2 is 1.49 bits per heavy atom. The topological polar surface area (TPSA) is 104 Å². The summed E-state index contributed by atoms with van der Waals surface area (Å²) in [6, 6.07) is 17.4. The van der Waals surface area contributed by atoms with Crippen molar-refractivity contribution < 1.29 is 32.2 Å². The fourth-order valence-corrected chi connectivity index (χ4v) is 6.77. The van der Waals surface area contributed by atoms with Crippen LogP contribution in [0.5, 0.6) is 17.2 Å². The van der Waals surface area contributed by atoms with E-state index in [1.807, 2.05) is 12.1 Å². The van der Waals surface area contributed by atoms with E-state index in [1.165, 1.54) is 20.4 Å². The van der Waals surface area contributed by atoms with Gasteiger partial charge in [0.25, 0.3) is 0 Å². The Morgan fingerprint density at radius 3 is 2.07 bits per heavy atom. The fraction of sp³-hybridized carbons (Fsp3) is 0.290. The van der Waals surface area contributed by atoms with Crippen LogP contribution in [0.25, 0.3) is 10.9 Å². The van der Waals surface area contributed by atoms with E-state index < -0.39 is 9.84 Å². The molecule has 1 fully saturated rings. The van der Waals surface area contributed by atoms with E-state index in [-0.39, 0.29) is 21.7 Å². The number of benzene rings is 3. The highest BCUT2D eigenvalue weighted by molar-refractivity contribution is 7.91. The predicted molar refractivity (Wildman–Crippen MR) is 155 cm³/mol. The van der Waals surface area contributed by atoms with Crippen molar-refractivity contribution in [2.24, 2.45) is 0 Å². The van der Waals surface area contributed by atoms with Crippen molar-refractivity contribution in [2.45, 2.75) is 28.6 Å². The second-order valence-electron chi connectivity index (χ2n) is 9.75. The summed E-state index contributed by atoms with van der Waals surface area (Å²) in [5.74, 6) is 1.47. The number of esters is 1. The van der Waals surface area contributed by atoms with Crippen LogP contribution in [0.2, 0.25) is 0 Å². The molecule has 214 valence electrons. The summed E-state index contributed by atoms with van der Waals surface area (Å²) in [7, 11) is 2.07. The van der Waals surface area contributed by atoms with E-state index in [2.05, 4.69) is 9.88 Å². The lowest BCUT2D eigenvalue weighted by molar-refractivity contribution is 0.0600. The molecule has 0 unspecified atom stereocenters. The lowest BCUT2D eigenvalue weighted by Crippen LogP contribution is -2.34. The summed E-state index contributed by atoms with van der Waals surface area (Å²) in [6.45, 7) is 1.25. The third-order valence-corrected chi connectivity index (χ3v) is 9.36. The van der Waals surface area contributed by atoms with Gasteiger partial charge in [0.05, 0.1) is 50.1 Å². The van der Waals surface area contributed by atoms with Gasteiger partial charge in [-0.05, 0) is 66.8 Å². The van der Waals surface area contributed by atoms with Gasteiger partial charge >= 0.3 is 5.97 Å². The first-order valence-corrected chi connectivity index (χ1v) is 14.7. The second kappa shape index (κ2) is 11.7. The van der Waals surface area contributed by atoms with Crippen molar-refractivity contribution in [2.75, 3.05) is 46.4 Å². The molecule has 0 spiro atoms. The van der Waals surface area contributed by atoms with Crippen molar-refractivity contribution in [3.63, 3.8) is 0 Å². The molecule has 0 atom stereocenters. The average molecular weight is 577 g/mol. The number of hydrogen-bond donors (Lipinski definition) is 0. The third-order valence-electron chi connectivity index (χ3n) is 7.58. The Hall–Kier alpha value is -4.31. The second-order valence-corrected chi connectivity index (χ2v) is 11.7. The maximum absolute atomic E-state index is 14.0. The van der Waals surface area contributed by atoms with Gasteiger partial charge in [0.1, 0.15) is 10.6 Å². The number of sulfone groups is 1. The molecule has 1 aliphatic heterocycles. The first-order valence-electron chi connectivity index (χ1n) is 13.2. The Balaban J connectivity index is 1.55. The van der Waals surface area contributed by atoms with Gasteiger partial charge in [-0.1, -0.05) is 12.1 Å². The van der Waals surface area contributed by atoms with Gasteiger partial charge in [0.2, 0.25) is 9.84 Å². The molecule has 9 nitrogen and oxygen atoms in total. The van der Waals surface area contributed by atoms with Crippen LogP contribution >= 0.6 is 0 Å². The summed E-state index contributed by atoms with van der Waals surface area (Å²) in [5, 5.41) is 0.665. The Bertz CT molecular complexity index is 1660. The molecular formula is C31H32N2O7S.